The van der Waals surface area contributed by atoms with Crippen LogP contribution in [0.2, 0.25) is 5.15 Å². The van der Waals surface area contributed by atoms with Crippen LogP contribution in [0.4, 0.5) is 13.2 Å². The molecule has 0 spiro atoms. The number of rotatable bonds is 7. The van der Waals surface area contributed by atoms with Crippen LogP contribution in [0.5, 0.6) is 0 Å². The first kappa shape index (κ1) is 17.6. The monoisotopic (exact) mass is 325 g/mol. The van der Waals surface area contributed by atoms with E-state index >= 15 is 0 Å². The summed E-state index contributed by atoms with van der Waals surface area (Å²) in [5, 5.41) is -0.0536. The summed E-state index contributed by atoms with van der Waals surface area (Å²) >= 11 is 5.59. The molecule has 1 rings (SSSR count). The Hall–Kier alpha value is -1.41. The number of carbonyl (C=O) groups is 1. The highest BCUT2D eigenvalue weighted by atomic mass is 35.5. The lowest BCUT2D eigenvalue weighted by molar-refractivity contribution is -0.141. The Morgan fingerprint density at radius 2 is 2.14 bits per heavy atom. The molecule has 5 nitrogen and oxygen atoms in total. The summed E-state index contributed by atoms with van der Waals surface area (Å²) in [5.41, 5.74) is -0.219. The topological polar surface area (TPSA) is 55.3 Å². The molecule has 0 aromatic carbocycles. The minimum Gasteiger partial charge on any atom is -0.382 e. The standard InChI is InChI=1S/C12H15ClF3N3O2/c1-2-21-5-3-4-19(8-12(14,15)16)11(20)9-6-17-7-10(13)18-9/h6-7H,2-5,8H2,1H3. The molecule has 0 saturated heterocycles. The predicted molar refractivity (Wildman–Crippen MR) is 70.1 cm³/mol. The minimum absolute atomic E-state index is 0.0536. The van der Waals surface area contributed by atoms with E-state index in [9.17, 15) is 18.0 Å². The molecule has 9 heteroatoms. The fourth-order valence-electron chi connectivity index (χ4n) is 1.58. The fourth-order valence-corrected chi connectivity index (χ4v) is 1.73. The molecule has 0 radical (unpaired) electrons. The van der Waals surface area contributed by atoms with Gasteiger partial charge < -0.3 is 9.64 Å². The SMILES string of the molecule is CCOCCCN(CC(F)(F)F)C(=O)c1cncc(Cl)n1. The second-order valence-corrected chi connectivity index (χ2v) is 4.51. The van der Waals surface area contributed by atoms with Crippen molar-refractivity contribution < 1.29 is 22.7 Å². The van der Waals surface area contributed by atoms with Crippen molar-refractivity contribution in [2.45, 2.75) is 19.5 Å². The van der Waals surface area contributed by atoms with E-state index in [0.29, 0.717) is 17.9 Å². The van der Waals surface area contributed by atoms with Crippen molar-refractivity contribution in [2.75, 3.05) is 26.3 Å². The average Bonchev–Trinajstić information content (AvgIpc) is 2.40. The first-order valence-electron chi connectivity index (χ1n) is 6.25. The highest BCUT2D eigenvalue weighted by molar-refractivity contribution is 6.29. The maximum absolute atomic E-state index is 12.5. The molecule has 1 heterocycles. The molecule has 1 aromatic rings. The Morgan fingerprint density at radius 3 is 2.71 bits per heavy atom. The number of amides is 1. The molecular formula is C12H15ClF3N3O2. The summed E-state index contributed by atoms with van der Waals surface area (Å²) in [7, 11) is 0. The zero-order valence-corrected chi connectivity index (χ0v) is 12.1. The molecule has 1 amide bonds. The lowest BCUT2D eigenvalue weighted by Crippen LogP contribution is -2.40. The molecule has 21 heavy (non-hydrogen) atoms. The third-order valence-electron chi connectivity index (χ3n) is 2.40. The Kier molecular flexibility index (Phi) is 6.83. The molecule has 0 unspecified atom stereocenters. The van der Waals surface area contributed by atoms with Crippen molar-refractivity contribution in [3.8, 4) is 0 Å². The number of ether oxygens (including phenoxy) is 1. The van der Waals surface area contributed by atoms with Gasteiger partial charge in [-0.15, -0.1) is 0 Å². The van der Waals surface area contributed by atoms with Gasteiger partial charge in [0, 0.05) is 19.8 Å². The van der Waals surface area contributed by atoms with Crippen LogP contribution in [-0.4, -0.2) is 53.3 Å². The summed E-state index contributed by atoms with van der Waals surface area (Å²) in [4.78, 5) is 20.1. The van der Waals surface area contributed by atoms with E-state index in [2.05, 4.69) is 9.97 Å². The Balaban J connectivity index is 2.76. The smallest absolute Gasteiger partial charge is 0.382 e. The van der Waals surface area contributed by atoms with E-state index in [4.69, 9.17) is 16.3 Å². The van der Waals surface area contributed by atoms with Gasteiger partial charge in [0.15, 0.2) is 0 Å². The van der Waals surface area contributed by atoms with Gasteiger partial charge in [-0.1, -0.05) is 11.6 Å². The maximum Gasteiger partial charge on any atom is 0.406 e. The van der Waals surface area contributed by atoms with Gasteiger partial charge in [0.25, 0.3) is 5.91 Å². The number of alkyl halides is 3. The summed E-state index contributed by atoms with van der Waals surface area (Å²) in [5.74, 6) is -0.862. The van der Waals surface area contributed by atoms with E-state index in [0.717, 1.165) is 6.20 Å². The molecule has 0 fully saturated rings. The van der Waals surface area contributed by atoms with Crippen molar-refractivity contribution in [2.24, 2.45) is 0 Å². The second kappa shape index (κ2) is 8.14. The van der Waals surface area contributed by atoms with E-state index in [-0.39, 0.29) is 24.0 Å². The number of carbonyl (C=O) groups excluding carboxylic acids is 1. The number of aromatic nitrogens is 2. The van der Waals surface area contributed by atoms with Gasteiger partial charge in [0.1, 0.15) is 17.4 Å². The van der Waals surface area contributed by atoms with E-state index < -0.39 is 18.6 Å². The van der Waals surface area contributed by atoms with E-state index in [1.807, 2.05) is 0 Å². The van der Waals surface area contributed by atoms with Gasteiger partial charge in [0.05, 0.1) is 12.4 Å². The van der Waals surface area contributed by atoms with Crippen LogP contribution in [0, 0.1) is 0 Å². The van der Waals surface area contributed by atoms with Crippen LogP contribution in [0.3, 0.4) is 0 Å². The molecule has 0 bridgehead atoms. The van der Waals surface area contributed by atoms with Gasteiger partial charge >= 0.3 is 6.18 Å². The van der Waals surface area contributed by atoms with Gasteiger partial charge in [0.2, 0.25) is 0 Å². The molecule has 0 N–H and O–H groups in total. The lowest BCUT2D eigenvalue weighted by atomic mass is 10.3. The predicted octanol–water partition coefficient (Wildman–Crippen LogP) is 2.56. The van der Waals surface area contributed by atoms with Crippen molar-refractivity contribution in [3.05, 3.63) is 23.2 Å². The van der Waals surface area contributed by atoms with Crippen LogP contribution in [-0.2, 0) is 4.74 Å². The first-order valence-corrected chi connectivity index (χ1v) is 6.62. The van der Waals surface area contributed by atoms with Gasteiger partial charge in [-0.2, -0.15) is 13.2 Å². The normalized spacial score (nSPS) is 11.5. The third-order valence-corrected chi connectivity index (χ3v) is 2.58. The number of hydrogen-bond donors (Lipinski definition) is 0. The molecule has 0 saturated carbocycles. The van der Waals surface area contributed by atoms with Crippen LogP contribution < -0.4 is 0 Å². The molecule has 118 valence electrons. The first-order chi connectivity index (χ1) is 9.83. The van der Waals surface area contributed by atoms with Crippen molar-refractivity contribution in [1.82, 2.24) is 14.9 Å². The third kappa shape index (κ3) is 6.72. The van der Waals surface area contributed by atoms with Crippen molar-refractivity contribution in [1.29, 1.82) is 0 Å². The van der Waals surface area contributed by atoms with Gasteiger partial charge in [-0.3, -0.25) is 9.78 Å². The zero-order chi connectivity index (χ0) is 15.9. The Bertz CT molecular complexity index is 471. The lowest BCUT2D eigenvalue weighted by Gasteiger charge is -2.23. The minimum atomic E-state index is -4.49. The van der Waals surface area contributed by atoms with Crippen LogP contribution in [0.25, 0.3) is 0 Å². The number of nitrogens with zero attached hydrogens (tertiary/aromatic N) is 3. The molecular weight excluding hydrogens is 311 g/mol. The summed E-state index contributed by atoms with van der Waals surface area (Å²) < 4.78 is 42.7. The summed E-state index contributed by atoms with van der Waals surface area (Å²) in [6.07, 6.45) is -1.92. The molecule has 1 aromatic heterocycles. The Labute approximate surface area is 125 Å². The number of halogens is 4. The quantitative estimate of drug-likeness (QED) is 0.723. The number of hydrogen-bond acceptors (Lipinski definition) is 4. The summed E-state index contributed by atoms with van der Waals surface area (Å²) in [6, 6.07) is 0. The molecule has 0 aliphatic carbocycles. The molecule has 0 atom stereocenters. The van der Waals surface area contributed by atoms with Crippen LogP contribution in [0.15, 0.2) is 12.4 Å². The van der Waals surface area contributed by atoms with E-state index in [1.165, 1.54) is 6.20 Å². The fraction of sp³-hybridized carbons (Fsp3) is 0.583. The maximum atomic E-state index is 12.5. The highest BCUT2D eigenvalue weighted by Crippen LogP contribution is 2.18. The van der Waals surface area contributed by atoms with Crippen LogP contribution in [0.1, 0.15) is 23.8 Å². The van der Waals surface area contributed by atoms with Gasteiger partial charge in [-0.25, -0.2) is 4.98 Å². The second-order valence-electron chi connectivity index (χ2n) is 4.12. The molecule has 0 aliphatic heterocycles. The highest BCUT2D eigenvalue weighted by Gasteiger charge is 2.33. The summed E-state index contributed by atoms with van der Waals surface area (Å²) in [6.45, 7) is 1.07. The average molecular weight is 326 g/mol. The van der Waals surface area contributed by atoms with E-state index in [1.54, 1.807) is 6.92 Å². The van der Waals surface area contributed by atoms with Gasteiger partial charge in [-0.05, 0) is 13.3 Å². The van der Waals surface area contributed by atoms with Crippen molar-refractivity contribution in [3.63, 3.8) is 0 Å². The van der Waals surface area contributed by atoms with Crippen molar-refractivity contribution >= 4 is 17.5 Å². The largest absolute Gasteiger partial charge is 0.406 e. The Morgan fingerprint density at radius 1 is 1.43 bits per heavy atom. The van der Waals surface area contributed by atoms with Crippen LogP contribution >= 0.6 is 11.6 Å². The molecule has 0 aliphatic rings. The zero-order valence-electron chi connectivity index (χ0n) is 11.4.